The van der Waals surface area contributed by atoms with Crippen molar-refractivity contribution in [3.05, 3.63) is 63.4 Å². The number of hydrogen-bond acceptors (Lipinski definition) is 2. The van der Waals surface area contributed by atoms with Gasteiger partial charge in [-0.15, -0.1) is 0 Å². The summed E-state index contributed by atoms with van der Waals surface area (Å²) in [6.45, 7) is 1.98. The van der Waals surface area contributed by atoms with Gasteiger partial charge >= 0.3 is 0 Å². The molecule has 1 heterocycles. The van der Waals surface area contributed by atoms with Crippen molar-refractivity contribution in [1.82, 2.24) is 10.3 Å². The molecule has 1 N–H and O–H groups in total. The number of nitrogens with zero attached hydrogens (tertiary/aromatic N) is 1. The minimum Gasteiger partial charge on any atom is -0.309 e. The van der Waals surface area contributed by atoms with Crippen LogP contribution in [-0.4, -0.2) is 12.0 Å². The van der Waals surface area contributed by atoms with E-state index in [1.54, 1.807) is 12.3 Å². The Morgan fingerprint density at radius 3 is 2.50 bits per heavy atom. The Morgan fingerprint density at radius 1 is 1.11 bits per heavy atom. The largest absolute Gasteiger partial charge is 0.309 e. The van der Waals surface area contributed by atoms with Crippen molar-refractivity contribution in [2.24, 2.45) is 0 Å². The van der Waals surface area contributed by atoms with Crippen molar-refractivity contribution >= 4 is 23.2 Å². The van der Waals surface area contributed by atoms with Gasteiger partial charge in [0.15, 0.2) is 0 Å². The molecule has 0 aliphatic rings. The second-order valence-corrected chi connectivity index (χ2v) is 4.83. The molecule has 0 amide bonds. The number of nitrogens with one attached hydrogen (secondary N) is 1. The first kappa shape index (κ1) is 13.3. The monoisotopic (exact) mass is 280 g/mol. The van der Waals surface area contributed by atoms with E-state index in [2.05, 4.69) is 10.3 Å². The summed E-state index contributed by atoms with van der Waals surface area (Å²) in [5.41, 5.74) is 3.04. The zero-order valence-corrected chi connectivity index (χ0v) is 11.8. The van der Waals surface area contributed by atoms with Gasteiger partial charge in [0.25, 0.3) is 0 Å². The van der Waals surface area contributed by atoms with Crippen molar-refractivity contribution in [2.75, 3.05) is 7.05 Å². The maximum absolute atomic E-state index is 6.28. The van der Waals surface area contributed by atoms with Gasteiger partial charge in [-0.05, 0) is 37.2 Å². The van der Waals surface area contributed by atoms with E-state index in [0.717, 1.165) is 16.8 Å². The number of hydrogen-bond donors (Lipinski definition) is 1. The molecule has 2 aromatic rings. The molecule has 94 valence electrons. The summed E-state index contributed by atoms with van der Waals surface area (Å²) in [4.78, 5) is 4.31. The zero-order valence-electron chi connectivity index (χ0n) is 10.2. The first-order valence-corrected chi connectivity index (χ1v) is 6.43. The lowest BCUT2D eigenvalue weighted by molar-refractivity contribution is 0.683. The first-order valence-electron chi connectivity index (χ1n) is 5.68. The van der Waals surface area contributed by atoms with Crippen LogP contribution in [-0.2, 0) is 0 Å². The molecule has 0 radical (unpaired) electrons. The molecule has 0 fully saturated rings. The lowest BCUT2D eigenvalue weighted by atomic mass is 9.98. The summed E-state index contributed by atoms with van der Waals surface area (Å²) in [7, 11) is 1.90. The van der Waals surface area contributed by atoms with E-state index in [9.17, 15) is 0 Å². The number of benzene rings is 1. The van der Waals surface area contributed by atoms with E-state index in [0.29, 0.717) is 10.0 Å². The predicted octanol–water partition coefficient (Wildman–Crippen LogP) is 4.01. The van der Waals surface area contributed by atoms with Crippen molar-refractivity contribution in [1.29, 1.82) is 0 Å². The Morgan fingerprint density at radius 2 is 1.83 bits per heavy atom. The predicted molar refractivity (Wildman–Crippen MR) is 76.3 cm³/mol. The molecule has 1 atom stereocenters. The number of pyridine rings is 1. The maximum atomic E-state index is 6.28. The molecule has 18 heavy (non-hydrogen) atoms. The fraction of sp³-hybridized carbons (Fsp3) is 0.214. The van der Waals surface area contributed by atoms with E-state index in [1.807, 2.05) is 38.2 Å². The number of halogens is 2. The van der Waals surface area contributed by atoms with Gasteiger partial charge in [0.2, 0.25) is 0 Å². The summed E-state index contributed by atoms with van der Waals surface area (Å²) >= 11 is 12.3. The second kappa shape index (κ2) is 5.70. The SMILES string of the molecule is CNC(c1cccnc1C)c1cccc(Cl)c1Cl. The molecular formula is C14H14Cl2N2. The van der Waals surface area contributed by atoms with E-state index < -0.39 is 0 Å². The molecule has 2 nitrogen and oxygen atoms in total. The Kier molecular flexibility index (Phi) is 4.23. The minimum atomic E-state index is -0.00935. The summed E-state index contributed by atoms with van der Waals surface area (Å²) in [5.74, 6) is 0. The second-order valence-electron chi connectivity index (χ2n) is 4.04. The summed E-state index contributed by atoms with van der Waals surface area (Å²) in [6, 6.07) is 9.62. The molecule has 0 saturated heterocycles. The molecular weight excluding hydrogens is 267 g/mol. The lowest BCUT2D eigenvalue weighted by Crippen LogP contribution is -2.19. The van der Waals surface area contributed by atoms with Crippen molar-refractivity contribution in [3.63, 3.8) is 0 Å². The average molecular weight is 281 g/mol. The lowest BCUT2D eigenvalue weighted by Gasteiger charge is -2.20. The number of aromatic nitrogens is 1. The third-order valence-corrected chi connectivity index (χ3v) is 3.77. The first-order chi connectivity index (χ1) is 8.65. The van der Waals surface area contributed by atoms with Crippen LogP contribution >= 0.6 is 23.2 Å². The highest BCUT2D eigenvalue weighted by Gasteiger charge is 2.18. The van der Waals surface area contributed by atoms with Crippen LogP contribution in [0.2, 0.25) is 10.0 Å². The minimum absolute atomic E-state index is 0.00935. The molecule has 0 aliphatic heterocycles. The Hall–Kier alpha value is -1.09. The van der Waals surface area contributed by atoms with Gasteiger partial charge in [-0.2, -0.15) is 0 Å². The molecule has 0 bridgehead atoms. The molecule has 0 spiro atoms. The van der Waals surface area contributed by atoms with Crippen LogP contribution in [0.5, 0.6) is 0 Å². The molecule has 0 aliphatic carbocycles. The third kappa shape index (κ3) is 2.51. The zero-order chi connectivity index (χ0) is 13.1. The smallest absolute Gasteiger partial charge is 0.0643 e. The van der Waals surface area contributed by atoms with E-state index in [1.165, 1.54) is 0 Å². The normalized spacial score (nSPS) is 12.4. The molecule has 1 aromatic carbocycles. The topological polar surface area (TPSA) is 24.9 Å². The van der Waals surface area contributed by atoms with Crippen LogP contribution < -0.4 is 5.32 Å². The standard InChI is InChI=1S/C14H14Cl2N2/c1-9-10(6-4-8-18-9)14(17-2)11-5-3-7-12(15)13(11)16/h3-8,14,17H,1-2H3. The van der Waals surface area contributed by atoms with Gasteiger partial charge in [0.1, 0.15) is 0 Å². The quantitative estimate of drug-likeness (QED) is 0.919. The van der Waals surface area contributed by atoms with Crippen LogP contribution in [0.25, 0.3) is 0 Å². The van der Waals surface area contributed by atoms with E-state index in [-0.39, 0.29) is 6.04 Å². The van der Waals surface area contributed by atoms with Gasteiger partial charge in [0, 0.05) is 11.9 Å². The fourth-order valence-corrected chi connectivity index (χ4v) is 2.44. The van der Waals surface area contributed by atoms with Gasteiger partial charge in [-0.25, -0.2) is 0 Å². The highest BCUT2D eigenvalue weighted by atomic mass is 35.5. The van der Waals surface area contributed by atoms with Gasteiger partial charge in [-0.1, -0.05) is 41.4 Å². The highest BCUT2D eigenvalue weighted by molar-refractivity contribution is 6.42. The molecule has 2 rings (SSSR count). The molecule has 0 saturated carbocycles. The van der Waals surface area contributed by atoms with Gasteiger partial charge in [0.05, 0.1) is 16.1 Å². The Labute approximate surface area is 117 Å². The fourth-order valence-electron chi connectivity index (χ4n) is 2.02. The summed E-state index contributed by atoms with van der Waals surface area (Å²) in [5, 5.41) is 4.41. The average Bonchev–Trinajstić information content (AvgIpc) is 2.37. The maximum Gasteiger partial charge on any atom is 0.0643 e. The number of aryl methyl sites for hydroxylation is 1. The van der Waals surface area contributed by atoms with Crippen LogP contribution in [0.4, 0.5) is 0 Å². The molecule has 4 heteroatoms. The van der Waals surface area contributed by atoms with Crippen LogP contribution in [0.3, 0.4) is 0 Å². The third-order valence-electron chi connectivity index (χ3n) is 2.94. The Bertz CT molecular complexity index is 555. The van der Waals surface area contributed by atoms with Gasteiger partial charge in [-0.3, -0.25) is 4.98 Å². The highest BCUT2D eigenvalue weighted by Crippen LogP contribution is 2.33. The molecule has 1 aromatic heterocycles. The van der Waals surface area contributed by atoms with E-state index in [4.69, 9.17) is 23.2 Å². The summed E-state index contributed by atoms with van der Waals surface area (Å²) in [6.07, 6.45) is 1.78. The van der Waals surface area contributed by atoms with Crippen LogP contribution in [0.1, 0.15) is 22.9 Å². The summed E-state index contributed by atoms with van der Waals surface area (Å²) < 4.78 is 0. The van der Waals surface area contributed by atoms with E-state index >= 15 is 0 Å². The van der Waals surface area contributed by atoms with Crippen molar-refractivity contribution in [2.45, 2.75) is 13.0 Å². The molecule has 1 unspecified atom stereocenters. The van der Waals surface area contributed by atoms with Gasteiger partial charge < -0.3 is 5.32 Å². The number of rotatable bonds is 3. The van der Waals surface area contributed by atoms with Crippen LogP contribution in [0.15, 0.2) is 36.5 Å². The Balaban J connectivity index is 2.53. The van der Waals surface area contributed by atoms with Crippen molar-refractivity contribution in [3.8, 4) is 0 Å². The van der Waals surface area contributed by atoms with Crippen LogP contribution in [0, 0.1) is 6.92 Å². The van der Waals surface area contributed by atoms with Crippen molar-refractivity contribution < 1.29 is 0 Å².